The molecule has 0 N–H and O–H groups in total. The van der Waals surface area contributed by atoms with E-state index in [1.54, 1.807) is 0 Å². The molecular formula is C20H28O6. The predicted octanol–water partition coefficient (Wildman–Crippen LogP) is 4.53. The van der Waals surface area contributed by atoms with Gasteiger partial charge in [0.1, 0.15) is 22.4 Å². The molecule has 0 bridgehead atoms. The monoisotopic (exact) mass is 364 g/mol. The van der Waals surface area contributed by atoms with Gasteiger partial charge in [-0.15, -0.1) is 0 Å². The fraction of sp³-hybridized carbons (Fsp3) is 0.600. The summed E-state index contributed by atoms with van der Waals surface area (Å²) in [4.78, 5) is 24.4. The molecule has 0 radical (unpaired) electrons. The molecule has 144 valence electrons. The molecule has 1 aliphatic rings. The predicted molar refractivity (Wildman–Crippen MR) is 97.3 cm³/mol. The molecule has 0 aliphatic carbocycles. The summed E-state index contributed by atoms with van der Waals surface area (Å²) in [6.07, 6.45) is 0. The summed E-state index contributed by atoms with van der Waals surface area (Å²) in [6, 6.07) is 1.49. The van der Waals surface area contributed by atoms with Gasteiger partial charge < -0.3 is 18.9 Å². The Balaban J connectivity index is 2.80. The van der Waals surface area contributed by atoms with Crippen LogP contribution in [0.1, 0.15) is 83.0 Å². The van der Waals surface area contributed by atoms with E-state index in [2.05, 4.69) is 0 Å². The summed E-state index contributed by atoms with van der Waals surface area (Å²) in [6.45, 7) is 16.8. The zero-order valence-corrected chi connectivity index (χ0v) is 17.0. The minimum atomic E-state index is -0.745. The normalized spacial score (nSPS) is 14.8. The van der Waals surface area contributed by atoms with Gasteiger partial charge in [0, 0.05) is 0 Å². The quantitative estimate of drug-likeness (QED) is 0.580. The van der Waals surface area contributed by atoms with Crippen molar-refractivity contribution in [3.63, 3.8) is 0 Å². The van der Waals surface area contributed by atoms with Crippen molar-refractivity contribution in [2.24, 2.45) is 0 Å². The molecule has 1 heterocycles. The molecule has 0 amide bonds. The van der Waals surface area contributed by atoms with E-state index >= 15 is 0 Å². The number of benzene rings is 1. The van der Waals surface area contributed by atoms with Crippen molar-refractivity contribution in [3.05, 3.63) is 17.2 Å². The van der Waals surface area contributed by atoms with Crippen molar-refractivity contribution in [1.29, 1.82) is 0 Å². The SMILES string of the molecule is CC(C)(C)Oc1cc2c(c(OC(C)(C)C)c1OC(C)(C)C)C(=O)OC2=O. The Labute approximate surface area is 154 Å². The van der Waals surface area contributed by atoms with Crippen molar-refractivity contribution < 1.29 is 28.5 Å². The van der Waals surface area contributed by atoms with Crippen molar-refractivity contribution in [3.8, 4) is 17.2 Å². The standard InChI is InChI=1S/C20H28O6/c1-18(2,3)24-12-10-11-13(17(22)23-16(11)21)15(26-20(7,8)9)14(12)25-19(4,5)6/h10H,1-9H3. The molecule has 0 fully saturated rings. The lowest BCUT2D eigenvalue weighted by Crippen LogP contribution is -2.29. The number of hydrogen-bond acceptors (Lipinski definition) is 6. The smallest absolute Gasteiger partial charge is 0.350 e. The van der Waals surface area contributed by atoms with E-state index in [0.717, 1.165) is 0 Å². The van der Waals surface area contributed by atoms with Gasteiger partial charge in [0.25, 0.3) is 0 Å². The van der Waals surface area contributed by atoms with Crippen LogP contribution in [0.3, 0.4) is 0 Å². The molecule has 1 aliphatic heterocycles. The Bertz CT molecular complexity index is 742. The fourth-order valence-corrected chi connectivity index (χ4v) is 2.38. The molecule has 6 heteroatoms. The van der Waals surface area contributed by atoms with Crippen LogP contribution in [-0.2, 0) is 4.74 Å². The van der Waals surface area contributed by atoms with Crippen LogP contribution < -0.4 is 14.2 Å². The first-order chi connectivity index (χ1) is 11.6. The maximum absolute atomic E-state index is 12.3. The third-order valence-electron chi connectivity index (χ3n) is 3.04. The van der Waals surface area contributed by atoms with Gasteiger partial charge in [-0.3, -0.25) is 0 Å². The van der Waals surface area contributed by atoms with E-state index < -0.39 is 28.7 Å². The van der Waals surface area contributed by atoms with Gasteiger partial charge in [0.05, 0.1) is 5.56 Å². The first-order valence-electron chi connectivity index (χ1n) is 8.62. The lowest BCUT2D eigenvalue weighted by molar-refractivity contribution is 0.0438. The maximum atomic E-state index is 12.3. The molecule has 0 saturated carbocycles. The Morgan fingerprint density at radius 2 is 1.15 bits per heavy atom. The van der Waals surface area contributed by atoms with Gasteiger partial charge in [0.15, 0.2) is 11.5 Å². The maximum Gasteiger partial charge on any atom is 0.350 e. The molecule has 26 heavy (non-hydrogen) atoms. The van der Waals surface area contributed by atoms with Crippen molar-refractivity contribution in [2.75, 3.05) is 0 Å². The van der Waals surface area contributed by atoms with Gasteiger partial charge in [-0.25, -0.2) is 9.59 Å². The topological polar surface area (TPSA) is 71.1 Å². The molecule has 2 rings (SSSR count). The van der Waals surface area contributed by atoms with E-state index in [1.165, 1.54) is 6.07 Å². The number of fused-ring (bicyclic) bond motifs is 1. The highest BCUT2D eigenvalue weighted by molar-refractivity contribution is 6.17. The van der Waals surface area contributed by atoms with Crippen LogP contribution in [0.15, 0.2) is 6.07 Å². The molecule has 6 nitrogen and oxygen atoms in total. The second-order valence-corrected chi connectivity index (χ2v) is 9.28. The van der Waals surface area contributed by atoms with Gasteiger partial charge in [-0.05, 0) is 68.4 Å². The van der Waals surface area contributed by atoms with Gasteiger partial charge in [-0.2, -0.15) is 0 Å². The van der Waals surface area contributed by atoms with Gasteiger partial charge in [-0.1, -0.05) is 0 Å². The van der Waals surface area contributed by atoms with Crippen LogP contribution in [0.4, 0.5) is 0 Å². The summed E-state index contributed by atoms with van der Waals surface area (Å²) in [7, 11) is 0. The molecule has 1 aromatic carbocycles. The van der Waals surface area contributed by atoms with Gasteiger partial charge in [0.2, 0.25) is 5.75 Å². The molecular weight excluding hydrogens is 336 g/mol. The molecule has 0 atom stereocenters. The second kappa shape index (κ2) is 6.18. The Hall–Kier alpha value is -2.24. The number of hydrogen-bond donors (Lipinski definition) is 0. The lowest BCUT2D eigenvalue weighted by Gasteiger charge is -2.31. The number of rotatable bonds is 3. The molecule has 1 aromatic rings. The third-order valence-corrected chi connectivity index (χ3v) is 3.04. The van der Waals surface area contributed by atoms with Crippen LogP contribution in [0.2, 0.25) is 0 Å². The second-order valence-electron chi connectivity index (χ2n) is 9.28. The number of esters is 2. The fourth-order valence-electron chi connectivity index (χ4n) is 2.38. The van der Waals surface area contributed by atoms with Gasteiger partial charge >= 0.3 is 11.9 Å². The number of ether oxygens (including phenoxy) is 4. The Morgan fingerprint density at radius 3 is 1.62 bits per heavy atom. The lowest BCUT2D eigenvalue weighted by atomic mass is 10.0. The summed E-state index contributed by atoms with van der Waals surface area (Å²) in [5, 5.41) is 0. The average molecular weight is 364 g/mol. The zero-order valence-electron chi connectivity index (χ0n) is 17.0. The number of cyclic esters (lactones) is 2. The minimum absolute atomic E-state index is 0.0745. The van der Waals surface area contributed by atoms with E-state index in [-0.39, 0.29) is 22.6 Å². The summed E-state index contributed by atoms with van der Waals surface area (Å²) >= 11 is 0. The summed E-state index contributed by atoms with van der Waals surface area (Å²) in [5.74, 6) is -0.681. The first-order valence-corrected chi connectivity index (χ1v) is 8.62. The minimum Gasteiger partial charge on any atom is -0.484 e. The Morgan fingerprint density at radius 1 is 0.692 bits per heavy atom. The molecule has 0 aromatic heterocycles. The highest BCUT2D eigenvalue weighted by Crippen LogP contribution is 2.48. The van der Waals surface area contributed by atoms with Crippen LogP contribution in [0.5, 0.6) is 17.2 Å². The molecule has 0 unspecified atom stereocenters. The largest absolute Gasteiger partial charge is 0.484 e. The third kappa shape index (κ3) is 4.68. The van der Waals surface area contributed by atoms with E-state index in [4.69, 9.17) is 18.9 Å². The van der Waals surface area contributed by atoms with E-state index in [0.29, 0.717) is 5.75 Å². The van der Waals surface area contributed by atoms with E-state index in [9.17, 15) is 9.59 Å². The zero-order chi connectivity index (χ0) is 20.1. The first kappa shape index (κ1) is 20.1. The van der Waals surface area contributed by atoms with Crippen LogP contribution >= 0.6 is 0 Å². The highest BCUT2D eigenvalue weighted by Gasteiger charge is 2.40. The van der Waals surface area contributed by atoms with Crippen LogP contribution in [0, 0.1) is 0 Å². The number of carbonyl (C=O) groups excluding carboxylic acids is 2. The summed E-state index contributed by atoms with van der Waals surface area (Å²) in [5.41, 5.74) is -1.56. The van der Waals surface area contributed by atoms with Crippen LogP contribution in [0.25, 0.3) is 0 Å². The average Bonchev–Trinajstić information content (AvgIpc) is 2.63. The van der Waals surface area contributed by atoms with Crippen LogP contribution in [-0.4, -0.2) is 28.7 Å². The molecule has 0 spiro atoms. The molecule has 0 saturated heterocycles. The van der Waals surface area contributed by atoms with Crippen molar-refractivity contribution in [2.45, 2.75) is 79.1 Å². The summed E-state index contributed by atoms with van der Waals surface area (Å²) < 4.78 is 22.9. The van der Waals surface area contributed by atoms with Crippen molar-refractivity contribution in [1.82, 2.24) is 0 Å². The highest BCUT2D eigenvalue weighted by atomic mass is 16.6. The Kier molecular flexibility index (Phi) is 4.77. The van der Waals surface area contributed by atoms with Crippen molar-refractivity contribution >= 4 is 11.9 Å². The van der Waals surface area contributed by atoms with E-state index in [1.807, 2.05) is 62.3 Å². The number of carbonyl (C=O) groups is 2.